The zero-order valence-electron chi connectivity index (χ0n) is 13.0. The van der Waals surface area contributed by atoms with Gasteiger partial charge >= 0.3 is 6.18 Å². The van der Waals surface area contributed by atoms with Gasteiger partial charge in [0.25, 0.3) is 0 Å². The average molecular weight is 357 g/mol. The highest BCUT2D eigenvalue weighted by atomic mass is 32.2. The highest BCUT2D eigenvalue weighted by molar-refractivity contribution is 7.89. The Hall–Kier alpha value is -1.86. The van der Waals surface area contributed by atoms with E-state index in [-0.39, 0.29) is 0 Å². The van der Waals surface area contributed by atoms with E-state index in [0.29, 0.717) is 12.8 Å². The first-order valence-corrected chi connectivity index (χ1v) is 8.91. The summed E-state index contributed by atoms with van der Waals surface area (Å²) in [7, 11) is -4.25. The van der Waals surface area contributed by atoms with Crippen LogP contribution in [0.5, 0.6) is 0 Å². The van der Waals surface area contributed by atoms with E-state index in [9.17, 15) is 21.6 Å². The molecule has 0 heterocycles. The number of halogens is 3. The summed E-state index contributed by atoms with van der Waals surface area (Å²) in [5.74, 6) is 0. The van der Waals surface area contributed by atoms with Crippen molar-refractivity contribution in [3.05, 3.63) is 65.7 Å². The topological polar surface area (TPSA) is 46.2 Å². The smallest absolute Gasteiger partial charge is 0.208 e. The molecule has 0 aromatic heterocycles. The second kappa shape index (κ2) is 7.36. The molecule has 0 radical (unpaired) electrons. The molecular formula is C17H18F3NO2S. The van der Waals surface area contributed by atoms with Crippen LogP contribution in [0.1, 0.15) is 24.5 Å². The van der Waals surface area contributed by atoms with Crippen molar-refractivity contribution in [2.75, 3.05) is 0 Å². The lowest BCUT2D eigenvalue weighted by atomic mass is 10.1. The lowest BCUT2D eigenvalue weighted by molar-refractivity contribution is -0.139. The van der Waals surface area contributed by atoms with Gasteiger partial charge in [0, 0.05) is 6.04 Å². The van der Waals surface area contributed by atoms with Crippen molar-refractivity contribution in [3.8, 4) is 0 Å². The number of rotatable bonds is 6. The molecule has 7 heteroatoms. The average Bonchev–Trinajstić information content (AvgIpc) is 2.53. The van der Waals surface area contributed by atoms with E-state index < -0.39 is 32.7 Å². The summed E-state index contributed by atoms with van der Waals surface area (Å²) >= 11 is 0. The normalized spacial score (nSPS) is 13.7. The van der Waals surface area contributed by atoms with Gasteiger partial charge in [-0.05, 0) is 37.5 Å². The van der Waals surface area contributed by atoms with E-state index in [0.717, 1.165) is 17.7 Å². The lowest BCUT2D eigenvalue weighted by Crippen LogP contribution is -2.34. The summed E-state index contributed by atoms with van der Waals surface area (Å²) in [6.07, 6.45) is -3.61. The van der Waals surface area contributed by atoms with Crippen molar-refractivity contribution in [1.29, 1.82) is 0 Å². The highest BCUT2D eigenvalue weighted by Crippen LogP contribution is 2.33. The van der Waals surface area contributed by atoms with Crippen LogP contribution in [-0.2, 0) is 22.6 Å². The molecule has 0 aliphatic rings. The number of aryl methyl sites for hydroxylation is 1. The fourth-order valence-electron chi connectivity index (χ4n) is 2.35. The maximum Gasteiger partial charge on any atom is 0.417 e. The van der Waals surface area contributed by atoms with Gasteiger partial charge in [-0.1, -0.05) is 42.5 Å². The fourth-order valence-corrected chi connectivity index (χ4v) is 3.86. The molecule has 1 atom stereocenters. The molecule has 0 aliphatic heterocycles. The fraction of sp³-hybridized carbons (Fsp3) is 0.294. The van der Waals surface area contributed by atoms with Gasteiger partial charge in [0.15, 0.2) is 0 Å². The number of hydrogen-bond donors (Lipinski definition) is 1. The SMILES string of the molecule is C[C@@H](CCc1ccccc1)NS(=O)(=O)c1ccccc1C(F)(F)F. The number of benzene rings is 2. The molecule has 2 rings (SSSR count). The molecule has 0 bridgehead atoms. The van der Waals surface area contributed by atoms with Crippen molar-refractivity contribution in [2.45, 2.75) is 36.9 Å². The second-order valence-electron chi connectivity index (χ2n) is 5.54. The van der Waals surface area contributed by atoms with Crippen LogP contribution < -0.4 is 4.72 Å². The minimum Gasteiger partial charge on any atom is -0.208 e. The van der Waals surface area contributed by atoms with Crippen LogP contribution in [0, 0.1) is 0 Å². The molecule has 0 saturated carbocycles. The van der Waals surface area contributed by atoms with E-state index in [1.807, 2.05) is 30.3 Å². The van der Waals surface area contributed by atoms with Gasteiger partial charge in [-0.3, -0.25) is 0 Å². The van der Waals surface area contributed by atoms with Crippen LogP contribution in [0.25, 0.3) is 0 Å². The van der Waals surface area contributed by atoms with E-state index in [1.165, 1.54) is 12.1 Å². The molecule has 0 aliphatic carbocycles. The third kappa shape index (κ3) is 4.82. The second-order valence-corrected chi connectivity index (χ2v) is 7.22. The number of hydrogen-bond acceptors (Lipinski definition) is 2. The van der Waals surface area contributed by atoms with Gasteiger partial charge in [0.2, 0.25) is 10.0 Å². The van der Waals surface area contributed by atoms with E-state index in [2.05, 4.69) is 4.72 Å². The maximum atomic E-state index is 13.0. The van der Waals surface area contributed by atoms with E-state index >= 15 is 0 Å². The Bertz CT molecular complexity index is 774. The monoisotopic (exact) mass is 357 g/mol. The Morgan fingerprint density at radius 1 is 1.00 bits per heavy atom. The molecule has 24 heavy (non-hydrogen) atoms. The zero-order chi connectivity index (χ0) is 17.8. The van der Waals surface area contributed by atoms with Gasteiger partial charge in [0.05, 0.1) is 10.5 Å². The van der Waals surface area contributed by atoms with Gasteiger partial charge in [-0.2, -0.15) is 13.2 Å². The zero-order valence-corrected chi connectivity index (χ0v) is 13.9. The largest absolute Gasteiger partial charge is 0.417 e. The molecule has 1 N–H and O–H groups in total. The Morgan fingerprint density at radius 2 is 1.58 bits per heavy atom. The molecule has 2 aromatic rings. The Kier molecular flexibility index (Phi) is 5.66. The van der Waals surface area contributed by atoms with Crippen molar-refractivity contribution < 1.29 is 21.6 Å². The first-order chi connectivity index (χ1) is 11.2. The number of alkyl halides is 3. The summed E-state index contributed by atoms with van der Waals surface area (Å²) < 4.78 is 65.9. The quantitative estimate of drug-likeness (QED) is 0.849. The minimum absolute atomic E-state index is 0.484. The summed E-state index contributed by atoms with van der Waals surface area (Å²) in [4.78, 5) is -0.746. The summed E-state index contributed by atoms with van der Waals surface area (Å²) in [5.41, 5.74) is -0.119. The van der Waals surface area contributed by atoms with Crippen molar-refractivity contribution in [3.63, 3.8) is 0 Å². The molecule has 2 aromatic carbocycles. The lowest BCUT2D eigenvalue weighted by Gasteiger charge is -2.17. The van der Waals surface area contributed by atoms with Gasteiger partial charge in [-0.25, -0.2) is 13.1 Å². The molecule has 0 fully saturated rings. The van der Waals surface area contributed by atoms with Crippen LogP contribution in [0.2, 0.25) is 0 Å². The Balaban J connectivity index is 2.11. The van der Waals surface area contributed by atoms with Gasteiger partial charge in [-0.15, -0.1) is 0 Å². The first-order valence-electron chi connectivity index (χ1n) is 7.42. The summed E-state index contributed by atoms with van der Waals surface area (Å²) in [6, 6.07) is 13.2. The van der Waals surface area contributed by atoms with Crippen LogP contribution >= 0.6 is 0 Å². The van der Waals surface area contributed by atoms with Crippen molar-refractivity contribution in [2.24, 2.45) is 0 Å². The molecule has 0 amide bonds. The Labute approximate surface area is 139 Å². The Morgan fingerprint density at radius 3 is 2.21 bits per heavy atom. The van der Waals surface area contributed by atoms with Crippen LogP contribution in [0.15, 0.2) is 59.5 Å². The summed E-state index contributed by atoms with van der Waals surface area (Å²) in [6.45, 7) is 1.64. The first kappa shape index (κ1) is 18.5. The standard InChI is InChI=1S/C17H18F3NO2S/c1-13(11-12-14-7-3-2-4-8-14)21-24(22,23)16-10-6-5-9-15(16)17(18,19)20/h2-10,13,21H,11-12H2,1H3/t13-/m0/s1. The number of sulfonamides is 1. The van der Waals surface area contributed by atoms with Crippen LogP contribution in [0.4, 0.5) is 13.2 Å². The van der Waals surface area contributed by atoms with Crippen LogP contribution in [-0.4, -0.2) is 14.5 Å². The molecule has 0 spiro atoms. The van der Waals surface area contributed by atoms with Gasteiger partial charge in [0.1, 0.15) is 0 Å². The third-order valence-electron chi connectivity index (χ3n) is 3.55. The molecule has 0 saturated heterocycles. The van der Waals surface area contributed by atoms with Crippen molar-refractivity contribution in [1.82, 2.24) is 4.72 Å². The van der Waals surface area contributed by atoms with Crippen LogP contribution in [0.3, 0.4) is 0 Å². The predicted molar refractivity (Wildman–Crippen MR) is 86.0 cm³/mol. The van der Waals surface area contributed by atoms with E-state index in [4.69, 9.17) is 0 Å². The van der Waals surface area contributed by atoms with Gasteiger partial charge < -0.3 is 0 Å². The maximum absolute atomic E-state index is 13.0. The highest BCUT2D eigenvalue weighted by Gasteiger charge is 2.37. The third-order valence-corrected chi connectivity index (χ3v) is 5.19. The summed E-state index contributed by atoms with van der Waals surface area (Å²) in [5, 5.41) is 0. The molecular weight excluding hydrogens is 339 g/mol. The predicted octanol–water partition coefficient (Wildman–Crippen LogP) is 4.01. The van der Waals surface area contributed by atoms with E-state index in [1.54, 1.807) is 6.92 Å². The van der Waals surface area contributed by atoms with Crippen molar-refractivity contribution >= 4 is 10.0 Å². The molecule has 0 unspecified atom stereocenters. The minimum atomic E-state index is -4.72. The number of nitrogens with one attached hydrogen (secondary N) is 1. The molecule has 3 nitrogen and oxygen atoms in total. The molecule has 130 valence electrons.